The van der Waals surface area contributed by atoms with Gasteiger partial charge in [0.05, 0.1) is 4.92 Å². The first-order chi connectivity index (χ1) is 6.43. The Bertz CT molecular complexity index is 377. The Morgan fingerprint density at radius 2 is 2.14 bits per heavy atom. The van der Waals surface area contributed by atoms with Crippen molar-refractivity contribution in [1.29, 1.82) is 0 Å². The van der Waals surface area contributed by atoms with Crippen molar-refractivity contribution in [2.24, 2.45) is 0 Å². The normalized spacial score (nSPS) is 10.6. The average molecular weight is 215 g/mol. The minimum Gasteiger partial charge on any atom is -0.258 e. The summed E-state index contributed by atoms with van der Waals surface area (Å²) < 4.78 is 0. The van der Waals surface area contributed by atoms with Crippen LogP contribution in [0.4, 0.5) is 5.69 Å². The molecule has 1 aromatic heterocycles. The van der Waals surface area contributed by atoms with Crippen LogP contribution in [0, 0.1) is 17.0 Å². The van der Waals surface area contributed by atoms with Crippen molar-refractivity contribution in [1.82, 2.24) is 4.98 Å². The molecular weight excluding hydrogens is 204 g/mol. The molecule has 0 atom stereocenters. The zero-order chi connectivity index (χ0) is 10.9. The molecule has 0 aromatic carbocycles. The summed E-state index contributed by atoms with van der Waals surface area (Å²) in [4.78, 5) is 14.0. The van der Waals surface area contributed by atoms with Gasteiger partial charge in [-0.1, -0.05) is 25.4 Å². The Morgan fingerprint density at radius 3 is 2.57 bits per heavy atom. The number of halogens is 1. The van der Waals surface area contributed by atoms with Crippen LogP contribution in [0.3, 0.4) is 0 Å². The van der Waals surface area contributed by atoms with E-state index in [-0.39, 0.29) is 16.8 Å². The third kappa shape index (κ3) is 2.01. The standard InChI is InChI=1S/C9H11ClN2O2/c1-5(2)8-6(3)4-7(12(13)14)9(10)11-8/h4-5H,1-3H3. The maximum atomic E-state index is 10.5. The highest BCUT2D eigenvalue weighted by molar-refractivity contribution is 6.31. The molecule has 0 bridgehead atoms. The van der Waals surface area contributed by atoms with Crippen LogP contribution in [0.2, 0.25) is 5.15 Å². The maximum Gasteiger partial charge on any atom is 0.306 e. The second-order valence-corrected chi connectivity index (χ2v) is 3.77. The van der Waals surface area contributed by atoms with Crippen molar-refractivity contribution in [3.63, 3.8) is 0 Å². The monoisotopic (exact) mass is 214 g/mol. The van der Waals surface area contributed by atoms with Gasteiger partial charge < -0.3 is 0 Å². The molecule has 0 saturated heterocycles. The summed E-state index contributed by atoms with van der Waals surface area (Å²) in [6.07, 6.45) is 0. The lowest BCUT2D eigenvalue weighted by molar-refractivity contribution is -0.385. The van der Waals surface area contributed by atoms with Crippen LogP contribution < -0.4 is 0 Å². The van der Waals surface area contributed by atoms with Gasteiger partial charge in [0.1, 0.15) is 0 Å². The first-order valence-electron chi connectivity index (χ1n) is 4.25. The van der Waals surface area contributed by atoms with E-state index in [0.29, 0.717) is 0 Å². The van der Waals surface area contributed by atoms with Gasteiger partial charge >= 0.3 is 5.69 Å². The van der Waals surface area contributed by atoms with E-state index >= 15 is 0 Å². The Balaban J connectivity index is 3.31. The van der Waals surface area contributed by atoms with E-state index in [2.05, 4.69) is 4.98 Å². The molecule has 0 amide bonds. The van der Waals surface area contributed by atoms with Crippen molar-refractivity contribution < 1.29 is 4.92 Å². The number of aromatic nitrogens is 1. The van der Waals surface area contributed by atoms with Gasteiger partial charge in [0.15, 0.2) is 0 Å². The Morgan fingerprint density at radius 1 is 1.57 bits per heavy atom. The van der Waals surface area contributed by atoms with Gasteiger partial charge in [-0.25, -0.2) is 4.98 Å². The predicted octanol–water partition coefficient (Wildman–Crippen LogP) is 3.08. The average Bonchev–Trinajstić information content (AvgIpc) is 2.07. The molecular formula is C9H11ClN2O2. The third-order valence-corrected chi connectivity index (χ3v) is 2.21. The zero-order valence-electron chi connectivity index (χ0n) is 8.24. The molecule has 0 radical (unpaired) electrons. The van der Waals surface area contributed by atoms with E-state index in [0.717, 1.165) is 11.3 Å². The second kappa shape index (κ2) is 3.92. The number of nitro groups is 1. The third-order valence-electron chi connectivity index (χ3n) is 1.93. The number of hydrogen-bond donors (Lipinski definition) is 0. The Hall–Kier alpha value is -1.16. The lowest BCUT2D eigenvalue weighted by atomic mass is 10.0. The molecule has 0 aliphatic rings. The fraction of sp³-hybridized carbons (Fsp3) is 0.444. The molecule has 0 saturated carbocycles. The van der Waals surface area contributed by atoms with Crippen LogP contribution in [-0.2, 0) is 0 Å². The number of hydrogen-bond acceptors (Lipinski definition) is 3. The van der Waals surface area contributed by atoms with Gasteiger partial charge in [0.25, 0.3) is 0 Å². The van der Waals surface area contributed by atoms with Crippen LogP contribution in [0.1, 0.15) is 31.0 Å². The van der Waals surface area contributed by atoms with Crippen molar-refractivity contribution in [3.8, 4) is 0 Å². The van der Waals surface area contributed by atoms with Gasteiger partial charge in [-0.15, -0.1) is 0 Å². The Kier molecular flexibility index (Phi) is 3.06. The largest absolute Gasteiger partial charge is 0.306 e. The minimum atomic E-state index is -0.521. The molecule has 0 aliphatic heterocycles. The molecule has 14 heavy (non-hydrogen) atoms. The van der Waals surface area contributed by atoms with Crippen molar-refractivity contribution >= 4 is 17.3 Å². The molecule has 76 valence electrons. The van der Waals surface area contributed by atoms with Gasteiger partial charge in [0.2, 0.25) is 5.15 Å². The summed E-state index contributed by atoms with van der Waals surface area (Å²) in [5.74, 6) is 0.216. The molecule has 1 rings (SSSR count). The quantitative estimate of drug-likeness (QED) is 0.432. The van der Waals surface area contributed by atoms with E-state index in [1.165, 1.54) is 6.07 Å². The lowest BCUT2D eigenvalue weighted by Gasteiger charge is -2.08. The highest BCUT2D eigenvalue weighted by Crippen LogP contribution is 2.27. The number of nitrogens with zero attached hydrogens (tertiary/aromatic N) is 2. The SMILES string of the molecule is Cc1cc([N+](=O)[O-])c(Cl)nc1C(C)C. The molecule has 0 unspecified atom stereocenters. The van der Waals surface area contributed by atoms with Crippen LogP contribution in [0.5, 0.6) is 0 Å². The number of aryl methyl sites for hydroxylation is 1. The molecule has 0 spiro atoms. The molecule has 4 nitrogen and oxygen atoms in total. The van der Waals surface area contributed by atoms with E-state index in [4.69, 9.17) is 11.6 Å². The molecule has 0 aliphatic carbocycles. The van der Waals surface area contributed by atoms with Crippen molar-refractivity contribution in [3.05, 3.63) is 32.6 Å². The van der Waals surface area contributed by atoms with Crippen LogP contribution in [-0.4, -0.2) is 9.91 Å². The summed E-state index contributed by atoms with van der Waals surface area (Å²) in [5, 5.41) is 10.5. The smallest absolute Gasteiger partial charge is 0.258 e. The lowest BCUT2D eigenvalue weighted by Crippen LogP contribution is -2.00. The summed E-state index contributed by atoms with van der Waals surface area (Å²) in [6, 6.07) is 1.46. The van der Waals surface area contributed by atoms with Crippen LogP contribution >= 0.6 is 11.6 Å². The fourth-order valence-electron chi connectivity index (χ4n) is 1.30. The Labute approximate surface area is 87.1 Å². The number of rotatable bonds is 2. The zero-order valence-corrected chi connectivity index (χ0v) is 9.00. The van der Waals surface area contributed by atoms with Gasteiger partial charge in [0, 0.05) is 11.8 Å². The highest BCUT2D eigenvalue weighted by Gasteiger charge is 2.17. The molecule has 0 N–H and O–H groups in total. The maximum absolute atomic E-state index is 10.5. The van der Waals surface area contributed by atoms with Crippen LogP contribution in [0.25, 0.3) is 0 Å². The highest BCUT2D eigenvalue weighted by atomic mass is 35.5. The predicted molar refractivity (Wildman–Crippen MR) is 54.7 cm³/mol. The molecule has 1 heterocycles. The van der Waals surface area contributed by atoms with E-state index in [1.54, 1.807) is 6.92 Å². The summed E-state index contributed by atoms with van der Waals surface area (Å²) in [5.41, 5.74) is 1.48. The first kappa shape index (κ1) is 10.9. The molecule has 1 aromatic rings. The topological polar surface area (TPSA) is 56.0 Å². The molecule has 0 fully saturated rings. The minimum absolute atomic E-state index is 0.0377. The van der Waals surface area contributed by atoms with Gasteiger partial charge in [-0.05, 0) is 18.4 Å². The second-order valence-electron chi connectivity index (χ2n) is 3.41. The summed E-state index contributed by atoms with van der Waals surface area (Å²) in [6.45, 7) is 5.74. The van der Waals surface area contributed by atoms with Crippen LogP contribution in [0.15, 0.2) is 6.07 Å². The van der Waals surface area contributed by atoms with Crippen molar-refractivity contribution in [2.45, 2.75) is 26.7 Å². The van der Waals surface area contributed by atoms with Gasteiger partial charge in [-0.2, -0.15) is 0 Å². The fourth-order valence-corrected chi connectivity index (χ4v) is 1.52. The van der Waals surface area contributed by atoms with E-state index in [9.17, 15) is 10.1 Å². The molecule has 5 heteroatoms. The summed E-state index contributed by atoms with van der Waals surface area (Å²) in [7, 11) is 0. The van der Waals surface area contributed by atoms with Crippen molar-refractivity contribution in [2.75, 3.05) is 0 Å². The summed E-state index contributed by atoms with van der Waals surface area (Å²) >= 11 is 5.69. The van der Waals surface area contributed by atoms with E-state index in [1.807, 2.05) is 13.8 Å². The number of pyridine rings is 1. The van der Waals surface area contributed by atoms with Gasteiger partial charge in [-0.3, -0.25) is 10.1 Å². The van der Waals surface area contributed by atoms with E-state index < -0.39 is 4.92 Å². The first-order valence-corrected chi connectivity index (χ1v) is 4.62.